The highest BCUT2D eigenvalue weighted by molar-refractivity contribution is 5.84. The summed E-state index contributed by atoms with van der Waals surface area (Å²) in [5.41, 5.74) is 4.62. The first kappa shape index (κ1) is 20.5. The van der Waals surface area contributed by atoms with E-state index in [1.807, 2.05) is 0 Å². The van der Waals surface area contributed by atoms with Gasteiger partial charge < -0.3 is 0 Å². The van der Waals surface area contributed by atoms with Crippen LogP contribution in [0.25, 0.3) is 0 Å². The number of nitrogens with zero attached hydrogens (tertiary/aromatic N) is 6. The average molecular weight is 394 g/mol. The number of hydrogen-bond acceptors (Lipinski definition) is 8. The van der Waals surface area contributed by atoms with Gasteiger partial charge in [0.05, 0.1) is 16.4 Å². The molecule has 0 aliphatic carbocycles. The molecule has 2 aromatic heterocycles. The molecule has 0 bridgehead atoms. The number of aryl methyl sites for hydroxylation is 2. The van der Waals surface area contributed by atoms with Crippen LogP contribution in [0.15, 0.2) is 12.4 Å². The van der Waals surface area contributed by atoms with Gasteiger partial charge in [0.15, 0.2) is 0 Å². The molecule has 0 saturated carbocycles. The molecule has 150 valence electrons. The second-order valence-corrected chi connectivity index (χ2v) is 5.90. The number of nitrogens with one attached hydrogen (secondary N) is 2. The Bertz CT molecular complexity index is 932. The molecular weight excluding hydrogens is 376 g/mol. The van der Waals surface area contributed by atoms with E-state index in [1.165, 1.54) is 25.5 Å². The molecule has 0 aliphatic heterocycles. The van der Waals surface area contributed by atoms with Gasteiger partial charge in [0.1, 0.15) is 29.8 Å². The van der Waals surface area contributed by atoms with Gasteiger partial charge in [-0.2, -0.15) is 10.2 Å². The number of aromatic nitrogens is 4. The van der Waals surface area contributed by atoms with E-state index < -0.39 is 27.7 Å². The molecule has 0 aromatic carbocycles. The second kappa shape index (κ2) is 8.24. The van der Waals surface area contributed by atoms with Crippen LogP contribution in [0.5, 0.6) is 0 Å². The Hall–Kier alpha value is -3.84. The van der Waals surface area contributed by atoms with E-state index in [0.29, 0.717) is 5.69 Å². The molecule has 2 heterocycles. The SMILES string of the molecule is Cc1nn(CCC(=O)NNC(=O)C(C)n2cc([N+](=O)[O-])cn2)c(C)c1[N+](=O)[O-]. The maximum Gasteiger partial charge on any atom is 0.312 e. The summed E-state index contributed by atoms with van der Waals surface area (Å²) in [4.78, 5) is 44.4. The molecule has 1 atom stereocenters. The quantitative estimate of drug-likeness (QED) is 0.497. The fraction of sp³-hybridized carbons (Fsp3) is 0.429. The van der Waals surface area contributed by atoms with E-state index in [0.717, 1.165) is 17.1 Å². The van der Waals surface area contributed by atoms with Gasteiger partial charge >= 0.3 is 11.4 Å². The number of amides is 2. The van der Waals surface area contributed by atoms with Crippen molar-refractivity contribution in [2.45, 2.75) is 39.8 Å². The van der Waals surface area contributed by atoms with Crippen molar-refractivity contribution in [2.24, 2.45) is 0 Å². The standard InChI is InChI=1S/C14H18N8O6/c1-8-13(22(27)28)9(2)19(18-8)5-4-12(23)16-17-14(24)10(3)20-7-11(6-15-20)21(25)26/h6-7,10H,4-5H2,1-3H3,(H,16,23)(H,17,24). The first-order valence-corrected chi connectivity index (χ1v) is 8.07. The van der Waals surface area contributed by atoms with Crippen LogP contribution in [0.3, 0.4) is 0 Å². The summed E-state index contributed by atoms with van der Waals surface area (Å²) >= 11 is 0. The Balaban J connectivity index is 1.86. The van der Waals surface area contributed by atoms with Crippen LogP contribution in [-0.4, -0.2) is 41.2 Å². The van der Waals surface area contributed by atoms with Crippen molar-refractivity contribution in [3.8, 4) is 0 Å². The first-order chi connectivity index (χ1) is 13.1. The van der Waals surface area contributed by atoms with Crippen LogP contribution < -0.4 is 10.9 Å². The van der Waals surface area contributed by atoms with Crippen molar-refractivity contribution in [3.05, 3.63) is 44.0 Å². The maximum atomic E-state index is 12.0. The average Bonchev–Trinajstić information content (AvgIpc) is 3.22. The van der Waals surface area contributed by atoms with E-state index in [-0.39, 0.29) is 30.0 Å². The van der Waals surface area contributed by atoms with Gasteiger partial charge in [-0.05, 0) is 20.8 Å². The molecule has 1 unspecified atom stereocenters. The van der Waals surface area contributed by atoms with Crippen molar-refractivity contribution in [1.29, 1.82) is 0 Å². The third-order valence-corrected chi connectivity index (χ3v) is 3.98. The lowest BCUT2D eigenvalue weighted by Crippen LogP contribution is -2.44. The highest BCUT2D eigenvalue weighted by Gasteiger charge is 2.22. The highest BCUT2D eigenvalue weighted by Crippen LogP contribution is 2.21. The Morgan fingerprint density at radius 2 is 1.89 bits per heavy atom. The topological polar surface area (TPSA) is 180 Å². The molecule has 0 aliphatic rings. The van der Waals surface area contributed by atoms with Gasteiger partial charge in [-0.15, -0.1) is 0 Å². The third kappa shape index (κ3) is 4.46. The van der Waals surface area contributed by atoms with Crippen molar-refractivity contribution in [2.75, 3.05) is 0 Å². The van der Waals surface area contributed by atoms with E-state index in [2.05, 4.69) is 21.0 Å². The molecular formula is C14H18N8O6. The number of hydrogen-bond donors (Lipinski definition) is 2. The molecule has 14 heteroatoms. The molecule has 28 heavy (non-hydrogen) atoms. The molecule has 2 rings (SSSR count). The summed E-state index contributed by atoms with van der Waals surface area (Å²) < 4.78 is 2.44. The lowest BCUT2D eigenvalue weighted by molar-refractivity contribution is -0.386. The van der Waals surface area contributed by atoms with Crippen molar-refractivity contribution in [3.63, 3.8) is 0 Å². The van der Waals surface area contributed by atoms with Gasteiger partial charge in [-0.3, -0.25) is 50.0 Å². The zero-order valence-corrected chi connectivity index (χ0v) is 15.3. The van der Waals surface area contributed by atoms with Crippen LogP contribution in [0, 0.1) is 34.1 Å². The smallest absolute Gasteiger partial charge is 0.273 e. The minimum Gasteiger partial charge on any atom is -0.273 e. The van der Waals surface area contributed by atoms with Crippen LogP contribution in [0.2, 0.25) is 0 Å². The lowest BCUT2D eigenvalue weighted by Gasteiger charge is -2.13. The number of carbonyl (C=O) groups excluding carboxylic acids is 2. The molecule has 14 nitrogen and oxygen atoms in total. The molecule has 0 spiro atoms. The summed E-state index contributed by atoms with van der Waals surface area (Å²) in [5.74, 6) is -1.17. The predicted molar refractivity (Wildman–Crippen MR) is 92.9 cm³/mol. The summed E-state index contributed by atoms with van der Waals surface area (Å²) in [7, 11) is 0. The molecule has 2 N–H and O–H groups in total. The highest BCUT2D eigenvalue weighted by atomic mass is 16.6. The molecule has 2 amide bonds. The lowest BCUT2D eigenvalue weighted by atomic mass is 10.3. The monoisotopic (exact) mass is 394 g/mol. The zero-order chi connectivity index (χ0) is 21.0. The van der Waals surface area contributed by atoms with E-state index in [9.17, 15) is 29.8 Å². The number of rotatable bonds is 7. The Kier molecular flexibility index (Phi) is 6.02. The van der Waals surface area contributed by atoms with Gasteiger partial charge in [0.2, 0.25) is 5.91 Å². The number of carbonyl (C=O) groups is 2. The number of hydrazine groups is 1. The fourth-order valence-corrected chi connectivity index (χ4v) is 2.43. The number of nitro groups is 2. The van der Waals surface area contributed by atoms with E-state index in [4.69, 9.17) is 0 Å². The maximum absolute atomic E-state index is 12.0. The minimum atomic E-state index is -0.896. The first-order valence-electron chi connectivity index (χ1n) is 8.07. The minimum absolute atomic E-state index is 0.0823. The van der Waals surface area contributed by atoms with Gasteiger partial charge in [0, 0.05) is 6.42 Å². The predicted octanol–water partition coefficient (Wildman–Crippen LogP) is 0.312. The van der Waals surface area contributed by atoms with Crippen LogP contribution >= 0.6 is 0 Å². The molecule has 0 fully saturated rings. The molecule has 0 saturated heterocycles. The zero-order valence-electron chi connectivity index (χ0n) is 15.3. The van der Waals surface area contributed by atoms with Gasteiger partial charge in [-0.25, -0.2) is 0 Å². The van der Waals surface area contributed by atoms with Crippen molar-refractivity contribution < 1.29 is 19.4 Å². The van der Waals surface area contributed by atoms with E-state index >= 15 is 0 Å². The van der Waals surface area contributed by atoms with Crippen molar-refractivity contribution in [1.82, 2.24) is 30.4 Å². The van der Waals surface area contributed by atoms with Crippen LogP contribution in [0.4, 0.5) is 11.4 Å². The Labute approximate surface area is 157 Å². The van der Waals surface area contributed by atoms with Crippen LogP contribution in [-0.2, 0) is 16.1 Å². The Morgan fingerprint density at radius 1 is 1.21 bits per heavy atom. The summed E-state index contributed by atoms with van der Waals surface area (Å²) in [5, 5.41) is 29.4. The van der Waals surface area contributed by atoms with E-state index in [1.54, 1.807) is 0 Å². The van der Waals surface area contributed by atoms with Crippen molar-refractivity contribution >= 4 is 23.2 Å². The largest absolute Gasteiger partial charge is 0.312 e. The summed E-state index contributed by atoms with van der Waals surface area (Å²) in [6.07, 6.45) is 2.03. The molecule has 0 radical (unpaired) electrons. The summed E-state index contributed by atoms with van der Waals surface area (Å²) in [6, 6.07) is -0.896. The van der Waals surface area contributed by atoms with Gasteiger partial charge in [-0.1, -0.05) is 0 Å². The Morgan fingerprint density at radius 3 is 2.43 bits per heavy atom. The fourth-order valence-electron chi connectivity index (χ4n) is 2.43. The summed E-state index contributed by atoms with van der Waals surface area (Å²) in [6.45, 7) is 4.57. The molecule has 2 aromatic rings. The van der Waals surface area contributed by atoms with Gasteiger partial charge in [0.25, 0.3) is 5.91 Å². The normalized spacial score (nSPS) is 11.7. The second-order valence-electron chi connectivity index (χ2n) is 5.90. The van der Waals surface area contributed by atoms with Crippen LogP contribution in [0.1, 0.15) is 30.8 Å². The third-order valence-electron chi connectivity index (χ3n) is 3.98.